The summed E-state index contributed by atoms with van der Waals surface area (Å²) >= 11 is 0. The van der Waals surface area contributed by atoms with E-state index in [1.807, 2.05) is 0 Å². The van der Waals surface area contributed by atoms with Gasteiger partial charge in [0.2, 0.25) is 29.5 Å². The second-order valence-electron chi connectivity index (χ2n) is 13.6. The van der Waals surface area contributed by atoms with Crippen LogP contribution in [0.3, 0.4) is 0 Å². The van der Waals surface area contributed by atoms with Crippen LogP contribution < -0.4 is 43.8 Å². The van der Waals surface area contributed by atoms with E-state index in [0.29, 0.717) is 5.56 Å². The number of carbonyl (C=O) groups excluding carboxylic acids is 6. The lowest BCUT2D eigenvalue weighted by Gasteiger charge is -2.27. The zero-order valence-electron chi connectivity index (χ0n) is 32.1. The number of esters is 1. The van der Waals surface area contributed by atoms with Crippen molar-refractivity contribution in [1.82, 2.24) is 26.6 Å². The summed E-state index contributed by atoms with van der Waals surface area (Å²) < 4.78 is 5.10. The normalized spacial score (nSPS) is 14.0. The van der Waals surface area contributed by atoms with Crippen molar-refractivity contribution in [2.45, 2.75) is 96.6 Å². The molecule has 1 aromatic rings. The quantitative estimate of drug-likeness (QED) is 0.0107. The summed E-state index contributed by atoms with van der Waals surface area (Å²) in [6, 6.07) is -2.07. The lowest BCUT2D eigenvalue weighted by molar-refractivity contribution is -0.148. The van der Waals surface area contributed by atoms with Gasteiger partial charge in [0.1, 0.15) is 49.1 Å². The Labute approximate surface area is 323 Å². The van der Waals surface area contributed by atoms with E-state index in [1.54, 1.807) is 27.7 Å². The molecule has 22 nitrogen and oxygen atoms in total. The second kappa shape index (κ2) is 24.3. The minimum absolute atomic E-state index is 0.0445. The number of carbonyl (C=O) groups is 7. The van der Waals surface area contributed by atoms with Crippen LogP contribution in [0.5, 0.6) is 5.75 Å². The highest BCUT2D eigenvalue weighted by molar-refractivity contribution is 5.96. The molecule has 13 N–H and O–H groups in total. The van der Waals surface area contributed by atoms with Crippen molar-refractivity contribution in [2.24, 2.45) is 39.1 Å². The maximum atomic E-state index is 13.9. The van der Waals surface area contributed by atoms with Gasteiger partial charge in [-0.25, -0.2) is 0 Å². The van der Waals surface area contributed by atoms with Crippen LogP contribution in [0.25, 0.3) is 10.4 Å². The molecule has 0 saturated heterocycles. The molecule has 0 radical (unpaired) electrons. The molecule has 1 aromatic carbocycles. The number of nitrogens with zero attached hydrogens (tertiary/aromatic N) is 4. The molecule has 0 unspecified atom stereocenters. The van der Waals surface area contributed by atoms with Gasteiger partial charge >= 0.3 is 11.9 Å². The highest BCUT2D eigenvalue weighted by Crippen LogP contribution is 2.14. The Morgan fingerprint density at radius 1 is 0.839 bits per heavy atom. The number of aromatic hydroxyl groups is 1. The number of aliphatic imine (C=N–C) groups is 1. The summed E-state index contributed by atoms with van der Waals surface area (Å²) in [6.07, 6.45) is 0.0172. The zero-order valence-corrected chi connectivity index (χ0v) is 32.1. The molecule has 0 aliphatic heterocycles. The van der Waals surface area contributed by atoms with Gasteiger partial charge in [0.15, 0.2) is 12.0 Å². The third kappa shape index (κ3) is 18.3. The highest BCUT2D eigenvalue weighted by atomic mass is 16.5. The molecule has 310 valence electrons. The zero-order chi connectivity index (χ0) is 42.5. The number of nitrogens with two attached hydrogens (primary N) is 3. The van der Waals surface area contributed by atoms with Gasteiger partial charge < -0.3 is 58.7 Å². The maximum absolute atomic E-state index is 13.9. The average Bonchev–Trinajstić information content (AvgIpc) is 3.12. The number of carboxylic acids is 1. The van der Waals surface area contributed by atoms with Gasteiger partial charge in [-0.1, -0.05) is 44.9 Å². The number of hydrogen-bond acceptors (Lipinski definition) is 12. The summed E-state index contributed by atoms with van der Waals surface area (Å²) in [5.74, 6) is -7.14. The van der Waals surface area contributed by atoms with E-state index in [9.17, 15) is 38.7 Å². The minimum Gasteiger partial charge on any atom is -0.508 e. The van der Waals surface area contributed by atoms with E-state index in [0.717, 1.165) is 0 Å². The van der Waals surface area contributed by atoms with Crippen molar-refractivity contribution in [1.29, 1.82) is 0 Å². The van der Waals surface area contributed by atoms with E-state index in [2.05, 4.69) is 41.6 Å². The summed E-state index contributed by atoms with van der Waals surface area (Å²) in [5.41, 5.74) is 26.2. The standard InChI is InChI=1S/C34H54N12O10/c1-17(2)13-23(43-32(54)25(45-46-38)16-56-33(55)27(35)18(3)4)30(52)44-24(14-20-8-10-21(47)11-9-20)31(53)42-22(7-6-12-39-34(36)37)29(51)41-19(5)28(50)40-15-26(48)49/h8-11,17-19,22-25,27,47H,6-7,12-16,35H2,1-5H3,(H,40,50)(H,41,51)(H,42,53)(H,43,54)(H,44,52)(H,48,49)(H4,36,37,39)/t19-,22-,23-,24-,25-,27-/m0/s1. The minimum atomic E-state index is -1.58. The lowest BCUT2D eigenvalue weighted by atomic mass is 10.00. The molecule has 22 heteroatoms. The average molecular weight is 791 g/mol. The highest BCUT2D eigenvalue weighted by Gasteiger charge is 2.33. The molecular formula is C34H54N12O10. The van der Waals surface area contributed by atoms with E-state index in [1.165, 1.54) is 31.2 Å². The van der Waals surface area contributed by atoms with Gasteiger partial charge in [0.25, 0.3) is 0 Å². The summed E-state index contributed by atoms with van der Waals surface area (Å²) in [5, 5.41) is 34.3. The SMILES string of the molecule is CC(C)C[C@H](NC(=O)[C@H](COC(=O)[C@@H](N)C(C)C)N=[N+]=[N-])C(=O)N[C@@H](Cc1ccc(O)cc1)C(=O)N[C@@H](CCCN=C(N)N)C(=O)N[C@@H](C)C(=O)NCC(=O)O. The van der Waals surface area contributed by atoms with Crippen LogP contribution in [-0.4, -0.2) is 114 Å². The van der Waals surface area contributed by atoms with Crippen molar-refractivity contribution < 1.29 is 48.5 Å². The van der Waals surface area contributed by atoms with Crippen molar-refractivity contribution in [3.05, 3.63) is 40.3 Å². The topological polar surface area (TPSA) is 369 Å². The Bertz CT molecular complexity index is 1590. The molecule has 0 fully saturated rings. The van der Waals surface area contributed by atoms with Gasteiger partial charge in [-0.2, -0.15) is 0 Å². The van der Waals surface area contributed by atoms with Crippen LogP contribution in [0.2, 0.25) is 0 Å². The number of azide groups is 1. The first-order valence-electron chi connectivity index (χ1n) is 17.8. The number of phenols is 1. The molecule has 0 heterocycles. The molecule has 0 spiro atoms. The molecule has 0 saturated carbocycles. The molecular weight excluding hydrogens is 736 g/mol. The summed E-state index contributed by atoms with van der Waals surface area (Å²) in [6.45, 7) is 6.92. The van der Waals surface area contributed by atoms with Crippen LogP contribution >= 0.6 is 0 Å². The number of aliphatic carboxylic acids is 1. The van der Waals surface area contributed by atoms with Gasteiger partial charge in [-0.3, -0.25) is 38.6 Å². The fourth-order valence-electron chi connectivity index (χ4n) is 4.81. The fourth-order valence-corrected chi connectivity index (χ4v) is 4.81. The van der Waals surface area contributed by atoms with Crippen molar-refractivity contribution in [3.63, 3.8) is 0 Å². The molecule has 5 amide bonds. The largest absolute Gasteiger partial charge is 0.508 e. The Balaban J connectivity index is 3.40. The molecule has 1 rings (SSSR count). The van der Waals surface area contributed by atoms with Gasteiger partial charge in [0, 0.05) is 17.9 Å². The first-order valence-corrected chi connectivity index (χ1v) is 17.8. The van der Waals surface area contributed by atoms with E-state index >= 15 is 0 Å². The summed E-state index contributed by atoms with van der Waals surface area (Å²) in [7, 11) is 0. The van der Waals surface area contributed by atoms with Crippen molar-refractivity contribution in [2.75, 3.05) is 19.7 Å². The molecule has 56 heavy (non-hydrogen) atoms. The monoisotopic (exact) mass is 790 g/mol. The Hall–Kier alpha value is -6.15. The van der Waals surface area contributed by atoms with Crippen LogP contribution in [0, 0.1) is 11.8 Å². The molecule has 0 aliphatic carbocycles. The number of rotatable bonds is 24. The van der Waals surface area contributed by atoms with Crippen LogP contribution in [-0.2, 0) is 44.7 Å². The lowest BCUT2D eigenvalue weighted by Crippen LogP contribution is -2.59. The summed E-state index contributed by atoms with van der Waals surface area (Å²) in [4.78, 5) is 96.5. The number of phenolic OH excluding ortho intramolecular Hbond substituents is 1. The van der Waals surface area contributed by atoms with Crippen LogP contribution in [0.15, 0.2) is 34.4 Å². The number of hydrogen-bond donors (Lipinski definition) is 10. The second-order valence-corrected chi connectivity index (χ2v) is 13.6. The van der Waals surface area contributed by atoms with Gasteiger partial charge in [-0.05, 0) is 61.2 Å². The molecule has 0 bridgehead atoms. The fraction of sp³-hybridized carbons (Fsp3) is 0.588. The number of carboxylic acid groups (broad SMARTS) is 1. The number of ether oxygens (including phenoxy) is 1. The molecule has 0 aromatic heterocycles. The predicted octanol–water partition coefficient (Wildman–Crippen LogP) is -1.60. The van der Waals surface area contributed by atoms with E-state index < -0.39 is 90.9 Å². The predicted molar refractivity (Wildman–Crippen MR) is 202 cm³/mol. The third-order valence-electron chi connectivity index (χ3n) is 7.96. The number of benzene rings is 1. The number of nitrogens with one attached hydrogen (secondary N) is 5. The molecule has 0 aliphatic rings. The van der Waals surface area contributed by atoms with Gasteiger partial charge in [-0.15, -0.1) is 0 Å². The Morgan fingerprint density at radius 2 is 1.41 bits per heavy atom. The van der Waals surface area contributed by atoms with Crippen molar-refractivity contribution >= 4 is 47.4 Å². The number of amides is 5. The van der Waals surface area contributed by atoms with Crippen molar-refractivity contribution in [3.8, 4) is 5.75 Å². The molecule has 6 atom stereocenters. The van der Waals surface area contributed by atoms with Gasteiger partial charge in [0.05, 0.1) is 0 Å². The van der Waals surface area contributed by atoms with E-state index in [4.69, 9.17) is 32.6 Å². The Kier molecular flexibility index (Phi) is 20.8. The van der Waals surface area contributed by atoms with Crippen LogP contribution in [0.1, 0.15) is 59.4 Å². The van der Waals surface area contributed by atoms with E-state index in [-0.39, 0.29) is 55.8 Å². The smallest absolute Gasteiger partial charge is 0.323 e. The first kappa shape index (κ1) is 47.9. The third-order valence-corrected chi connectivity index (χ3v) is 7.96. The Morgan fingerprint density at radius 3 is 1.96 bits per heavy atom. The maximum Gasteiger partial charge on any atom is 0.323 e. The first-order chi connectivity index (χ1) is 26.2. The number of guanidine groups is 1. The van der Waals surface area contributed by atoms with Crippen LogP contribution in [0.4, 0.5) is 0 Å².